The Morgan fingerprint density at radius 2 is 1.85 bits per heavy atom. The first-order valence-electron chi connectivity index (χ1n) is 4.95. The fourth-order valence-corrected chi connectivity index (χ4v) is 0.953. The molecule has 0 saturated heterocycles. The van der Waals surface area contributed by atoms with E-state index in [0.717, 1.165) is 25.7 Å². The molecule has 1 atom stereocenters. The summed E-state index contributed by atoms with van der Waals surface area (Å²) in [5.41, 5.74) is 0. The van der Waals surface area contributed by atoms with Crippen molar-refractivity contribution < 1.29 is 9.90 Å². The third-order valence-corrected chi connectivity index (χ3v) is 1.75. The summed E-state index contributed by atoms with van der Waals surface area (Å²) in [7, 11) is 0. The van der Waals surface area contributed by atoms with Crippen LogP contribution >= 0.6 is 0 Å². The van der Waals surface area contributed by atoms with Gasteiger partial charge in [0.1, 0.15) is 0 Å². The Morgan fingerprint density at radius 1 is 1.38 bits per heavy atom. The predicted molar refractivity (Wildman–Crippen MR) is 58.4 cm³/mol. The van der Waals surface area contributed by atoms with Gasteiger partial charge in [-0.3, -0.25) is 4.79 Å². The van der Waals surface area contributed by atoms with E-state index in [1.165, 1.54) is 0 Å². The summed E-state index contributed by atoms with van der Waals surface area (Å²) in [5.74, 6) is -0.754. The van der Waals surface area contributed by atoms with E-state index in [1.54, 1.807) is 0 Å². The topological polar surface area (TPSA) is 37.3 Å². The first-order chi connectivity index (χ1) is 6.13. The number of rotatable bonds is 5. The van der Waals surface area contributed by atoms with Gasteiger partial charge in [-0.15, -0.1) is 0 Å². The summed E-state index contributed by atoms with van der Waals surface area (Å²) in [5, 5.41) is 8.60. The van der Waals surface area contributed by atoms with E-state index in [-0.39, 0.29) is 27.1 Å². The molecule has 2 nitrogen and oxygen atoms in total. The van der Waals surface area contributed by atoms with Crippen LogP contribution in [0, 0.1) is 5.92 Å². The van der Waals surface area contributed by atoms with Gasteiger partial charge in [-0.1, -0.05) is 26.7 Å². The fraction of sp³-hybridized carbons (Fsp3) is 0.900. The van der Waals surface area contributed by atoms with Crippen molar-refractivity contribution in [2.75, 3.05) is 0 Å². The van der Waals surface area contributed by atoms with Crippen molar-refractivity contribution in [2.45, 2.75) is 49.4 Å². The molecule has 0 amide bonds. The van der Waals surface area contributed by atoms with Gasteiger partial charge < -0.3 is 5.11 Å². The van der Waals surface area contributed by atoms with Gasteiger partial charge in [-0.05, 0) is 12.8 Å². The minimum absolute atomic E-state index is 0.111. The molecular formula is C10H22O2Sn. The molecule has 0 saturated carbocycles. The molecule has 13 heavy (non-hydrogen) atoms. The van der Waals surface area contributed by atoms with Crippen LogP contribution in [0.2, 0.25) is 9.88 Å². The van der Waals surface area contributed by atoms with Crippen molar-refractivity contribution in [3.05, 3.63) is 0 Å². The van der Waals surface area contributed by atoms with Crippen LogP contribution in [-0.2, 0) is 4.79 Å². The van der Waals surface area contributed by atoms with Crippen molar-refractivity contribution in [1.29, 1.82) is 0 Å². The van der Waals surface area contributed by atoms with Crippen molar-refractivity contribution in [3.8, 4) is 0 Å². The molecule has 0 rings (SSSR count). The van der Waals surface area contributed by atoms with E-state index in [2.05, 4.69) is 16.8 Å². The molecule has 0 aliphatic rings. The fourth-order valence-electron chi connectivity index (χ4n) is 0.953. The molecule has 0 aromatic heterocycles. The van der Waals surface area contributed by atoms with Crippen LogP contribution in [0.4, 0.5) is 0 Å². The van der Waals surface area contributed by atoms with E-state index in [4.69, 9.17) is 5.11 Å². The molecule has 0 aromatic carbocycles. The maximum atomic E-state index is 10.4. The van der Waals surface area contributed by atoms with Crippen molar-refractivity contribution in [1.82, 2.24) is 0 Å². The molecule has 2 radical (unpaired) electrons. The van der Waals surface area contributed by atoms with Crippen molar-refractivity contribution in [3.63, 3.8) is 0 Å². The number of carbonyl (C=O) groups is 1. The van der Waals surface area contributed by atoms with Crippen LogP contribution in [0.3, 0.4) is 0 Å². The van der Waals surface area contributed by atoms with Crippen LogP contribution in [0.1, 0.15) is 39.5 Å². The second-order valence-corrected chi connectivity index (χ2v) is 5.94. The SMILES string of the molecule is CCCCC(CC)C(=O)O.[CH3][Sn][CH3]. The average Bonchev–Trinajstić information content (AvgIpc) is 2.06. The van der Waals surface area contributed by atoms with Gasteiger partial charge in [-0.2, -0.15) is 0 Å². The van der Waals surface area contributed by atoms with Crippen LogP contribution < -0.4 is 0 Å². The van der Waals surface area contributed by atoms with Crippen LogP contribution in [-0.4, -0.2) is 32.2 Å². The van der Waals surface area contributed by atoms with Gasteiger partial charge in [0.05, 0.1) is 5.92 Å². The molecule has 1 N–H and O–H groups in total. The summed E-state index contributed by atoms with van der Waals surface area (Å²) >= 11 is 0.230. The Morgan fingerprint density at radius 3 is 2.08 bits per heavy atom. The van der Waals surface area contributed by atoms with Crippen LogP contribution in [0.25, 0.3) is 0 Å². The van der Waals surface area contributed by atoms with Gasteiger partial charge in [0.15, 0.2) is 0 Å². The zero-order chi connectivity index (χ0) is 10.7. The number of carboxylic acid groups (broad SMARTS) is 1. The number of hydrogen-bond donors (Lipinski definition) is 1. The first-order valence-corrected chi connectivity index (χ1v) is 10.7. The van der Waals surface area contributed by atoms with Crippen LogP contribution in [0.5, 0.6) is 0 Å². The van der Waals surface area contributed by atoms with Gasteiger partial charge in [0.2, 0.25) is 0 Å². The Kier molecular flexibility index (Phi) is 14.8. The quantitative estimate of drug-likeness (QED) is 0.791. The molecule has 78 valence electrons. The van der Waals surface area contributed by atoms with E-state index in [9.17, 15) is 4.79 Å². The van der Waals surface area contributed by atoms with Gasteiger partial charge in [0, 0.05) is 0 Å². The second kappa shape index (κ2) is 12.3. The van der Waals surface area contributed by atoms with Gasteiger partial charge >= 0.3 is 37.0 Å². The van der Waals surface area contributed by atoms with E-state index >= 15 is 0 Å². The zero-order valence-electron chi connectivity index (χ0n) is 9.26. The van der Waals surface area contributed by atoms with Crippen molar-refractivity contribution in [2.24, 2.45) is 5.92 Å². The molecule has 0 spiro atoms. The normalized spacial score (nSPS) is 11.4. The Labute approximate surface area is 92.3 Å². The molecule has 0 bridgehead atoms. The van der Waals surface area contributed by atoms with Gasteiger partial charge in [0.25, 0.3) is 0 Å². The molecule has 1 unspecified atom stereocenters. The predicted octanol–water partition coefficient (Wildman–Crippen LogP) is 3.07. The molecule has 0 aliphatic heterocycles. The van der Waals surface area contributed by atoms with Gasteiger partial charge in [-0.25, -0.2) is 0 Å². The first kappa shape index (κ1) is 15.7. The summed E-state index contributed by atoms with van der Waals surface area (Å²) in [4.78, 5) is 15.0. The van der Waals surface area contributed by atoms with E-state index < -0.39 is 5.97 Å². The summed E-state index contributed by atoms with van der Waals surface area (Å²) in [6.07, 6.45) is 3.71. The second-order valence-electron chi connectivity index (χ2n) is 3.09. The summed E-state index contributed by atoms with van der Waals surface area (Å²) in [6, 6.07) is 0. The van der Waals surface area contributed by atoms with Crippen LogP contribution in [0.15, 0.2) is 0 Å². The number of unbranched alkanes of at least 4 members (excludes halogenated alkanes) is 1. The van der Waals surface area contributed by atoms with Crippen molar-refractivity contribution >= 4 is 27.1 Å². The number of aliphatic carboxylic acids is 1. The summed E-state index contributed by atoms with van der Waals surface area (Å²) < 4.78 is 0. The molecule has 0 aromatic rings. The number of hydrogen-bond acceptors (Lipinski definition) is 1. The number of carboxylic acids is 1. The molecule has 0 fully saturated rings. The van der Waals surface area contributed by atoms with E-state index in [1.807, 2.05) is 6.92 Å². The molecule has 0 aliphatic carbocycles. The molecule has 0 heterocycles. The standard InChI is InChI=1S/C8H16O2.2CH3.Sn/c1-3-5-6-7(4-2)8(9)10;;;/h7H,3-6H2,1-2H3,(H,9,10);2*1H3;. The Bertz CT molecular complexity index is 115. The zero-order valence-corrected chi connectivity index (χ0v) is 12.1. The Hall–Kier alpha value is 0.269. The average molecular weight is 293 g/mol. The maximum absolute atomic E-state index is 10.4. The Balaban J connectivity index is 0. The van der Waals surface area contributed by atoms with E-state index in [0.29, 0.717) is 0 Å². The minimum atomic E-state index is -0.643. The molecular weight excluding hydrogens is 271 g/mol. The summed E-state index contributed by atoms with van der Waals surface area (Å²) in [6.45, 7) is 4.00. The third-order valence-electron chi connectivity index (χ3n) is 1.75. The third kappa shape index (κ3) is 12.3. The monoisotopic (exact) mass is 294 g/mol. The molecule has 3 heteroatoms.